The zero-order valence-electron chi connectivity index (χ0n) is 9.53. The van der Waals surface area contributed by atoms with E-state index in [4.69, 9.17) is 5.73 Å². The number of nitrogens with two attached hydrogens (primary N) is 1. The summed E-state index contributed by atoms with van der Waals surface area (Å²) in [7, 11) is 0. The summed E-state index contributed by atoms with van der Waals surface area (Å²) >= 11 is 0. The Labute approximate surface area is 94.2 Å². The monoisotopic (exact) mass is 227 g/mol. The summed E-state index contributed by atoms with van der Waals surface area (Å²) in [6.45, 7) is 3.63. The summed E-state index contributed by atoms with van der Waals surface area (Å²) in [6.07, 6.45) is 0.488. The zero-order chi connectivity index (χ0) is 12.3. The fourth-order valence-electron chi connectivity index (χ4n) is 1.69. The van der Waals surface area contributed by atoms with Crippen LogP contribution in [0.25, 0.3) is 0 Å². The van der Waals surface area contributed by atoms with Gasteiger partial charge in [-0.05, 0) is 6.42 Å². The van der Waals surface area contributed by atoms with Gasteiger partial charge in [0.15, 0.2) is 0 Å². The zero-order valence-corrected chi connectivity index (χ0v) is 9.53. The van der Waals surface area contributed by atoms with Gasteiger partial charge < -0.3 is 10.6 Å². The molecule has 16 heavy (non-hydrogen) atoms. The largest absolute Gasteiger partial charge is 0.330 e. The highest BCUT2D eigenvalue weighted by molar-refractivity contribution is 6.04. The molecule has 0 saturated carbocycles. The van der Waals surface area contributed by atoms with Crippen LogP contribution in [0.5, 0.6) is 0 Å². The van der Waals surface area contributed by atoms with Crippen LogP contribution < -0.4 is 11.1 Å². The minimum Gasteiger partial charge on any atom is -0.330 e. The van der Waals surface area contributed by atoms with Crippen molar-refractivity contribution in [1.29, 1.82) is 0 Å². The lowest BCUT2D eigenvalue weighted by atomic mass is 10.1. The molecule has 6 nitrogen and oxygen atoms in total. The Hall–Kier alpha value is -1.43. The molecule has 1 rings (SSSR count). The Kier molecular flexibility index (Phi) is 4.00. The van der Waals surface area contributed by atoms with Gasteiger partial charge in [0.25, 0.3) is 0 Å². The molecule has 2 atom stereocenters. The van der Waals surface area contributed by atoms with E-state index in [1.54, 1.807) is 13.8 Å². The second-order valence-corrected chi connectivity index (χ2v) is 3.94. The van der Waals surface area contributed by atoms with Crippen LogP contribution in [0.3, 0.4) is 0 Å². The van der Waals surface area contributed by atoms with Crippen LogP contribution in [0.15, 0.2) is 0 Å². The van der Waals surface area contributed by atoms with Crippen LogP contribution in [-0.2, 0) is 14.4 Å². The smallest absolute Gasteiger partial charge is 0.249 e. The maximum absolute atomic E-state index is 11.9. The van der Waals surface area contributed by atoms with Crippen LogP contribution in [0, 0.1) is 5.92 Å². The van der Waals surface area contributed by atoms with Crippen molar-refractivity contribution >= 4 is 17.7 Å². The molecule has 90 valence electrons. The van der Waals surface area contributed by atoms with Gasteiger partial charge in [-0.2, -0.15) is 0 Å². The van der Waals surface area contributed by atoms with Crippen molar-refractivity contribution < 1.29 is 14.4 Å². The Morgan fingerprint density at radius 1 is 1.62 bits per heavy atom. The molecule has 1 heterocycles. The molecule has 2 unspecified atom stereocenters. The molecule has 0 bridgehead atoms. The number of imide groups is 1. The molecule has 1 saturated heterocycles. The third kappa shape index (κ3) is 2.38. The van der Waals surface area contributed by atoms with Gasteiger partial charge in [0.1, 0.15) is 12.6 Å². The predicted octanol–water partition coefficient (Wildman–Crippen LogP) is -1.16. The number of rotatable bonds is 3. The highest BCUT2D eigenvalue weighted by Crippen LogP contribution is 2.12. The quantitative estimate of drug-likeness (QED) is 0.595. The van der Waals surface area contributed by atoms with E-state index in [0.717, 1.165) is 0 Å². The topological polar surface area (TPSA) is 92.5 Å². The van der Waals surface area contributed by atoms with Gasteiger partial charge in [-0.1, -0.05) is 13.8 Å². The third-order valence-corrected chi connectivity index (χ3v) is 2.70. The van der Waals surface area contributed by atoms with Gasteiger partial charge in [0.2, 0.25) is 17.7 Å². The van der Waals surface area contributed by atoms with E-state index in [9.17, 15) is 14.4 Å². The van der Waals surface area contributed by atoms with Gasteiger partial charge in [0.05, 0.1) is 0 Å². The van der Waals surface area contributed by atoms with E-state index in [1.807, 2.05) is 0 Å². The number of carbonyl (C=O) groups excluding carboxylic acids is 3. The summed E-state index contributed by atoms with van der Waals surface area (Å²) in [5, 5.41) is 2.22. The standard InChI is InChI=1S/C10H17N3O3/c1-3-7-9(15)12-8(14)5-13(7)10(16)6(2)4-11/h6-7H,3-5,11H2,1-2H3,(H,12,14,15). The van der Waals surface area contributed by atoms with Gasteiger partial charge >= 0.3 is 0 Å². The van der Waals surface area contributed by atoms with E-state index < -0.39 is 17.9 Å². The number of nitrogens with one attached hydrogen (secondary N) is 1. The van der Waals surface area contributed by atoms with Crippen LogP contribution in [0.4, 0.5) is 0 Å². The van der Waals surface area contributed by atoms with E-state index in [1.165, 1.54) is 4.90 Å². The van der Waals surface area contributed by atoms with Crippen LogP contribution >= 0.6 is 0 Å². The molecule has 6 heteroatoms. The summed E-state index contributed by atoms with van der Waals surface area (Å²) < 4.78 is 0. The first kappa shape index (κ1) is 12.6. The minimum atomic E-state index is -0.556. The summed E-state index contributed by atoms with van der Waals surface area (Å²) in [5.41, 5.74) is 5.40. The summed E-state index contributed by atoms with van der Waals surface area (Å²) in [5.74, 6) is -1.45. The normalized spacial score (nSPS) is 22.9. The average molecular weight is 227 g/mol. The molecule has 0 aromatic heterocycles. The lowest BCUT2D eigenvalue weighted by molar-refractivity contribution is -0.151. The van der Waals surface area contributed by atoms with E-state index in [-0.39, 0.29) is 24.9 Å². The first-order chi connectivity index (χ1) is 7.51. The number of carbonyl (C=O) groups is 3. The van der Waals surface area contributed by atoms with Crippen molar-refractivity contribution in [3.8, 4) is 0 Å². The van der Waals surface area contributed by atoms with Crippen molar-refractivity contribution in [2.45, 2.75) is 26.3 Å². The van der Waals surface area contributed by atoms with Gasteiger partial charge in [-0.25, -0.2) is 0 Å². The van der Waals surface area contributed by atoms with Gasteiger partial charge in [-0.15, -0.1) is 0 Å². The molecule has 0 radical (unpaired) electrons. The Balaban J connectivity index is 2.86. The number of piperazine rings is 1. The molecule has 0 spiro atoms. The van der Waals surface area contributed by atoms with Crippen molar-refractivity contribution in [1.82, 2.24) is 10.2 Å². The molecular formula is C10H17N3O3. The van der Waals surface area contributed by atoms with Crippen LogP contribution in [0.1, 0.15) is 20.3 Å². The Bertz CT molecular complexity index is 316. The molecule has 3 amide bonds. The van der Waals surface area contributed by atoms with Crippen LogP contribution in [0.2, 0.25) is 0 Å². The molecular weight excluding hydrogens is 210 g/mol. The second kappa shape index (κ2) is 5.07. The van der Waals surface area contributed by atoms with Crippen molar-refractivity contribution in [3.05, 3.63) is 0 Å². The van der Waals surface area contributed by atoms with Crippen LogP contribution in [-0.4, -0.2) is 41.8 Å². The van der Waals surface area contributed by atoms with Crippen molar-refractivity contribution in [2.24, 2.45) is 11.7 Å². The molecule has 0 aromatic rings. The fraction of sp³-hybridized carbons (Fsp3) is 0.700. The minimum absolute atomic E-state index is 0.0621. The van der Waals surface area contributed by atoms with Crippen molar-refractivity contribution in [3.63, 3.8) is 0 Å². The predicted molar refractivity (Wildman–Crippen MR) is 57.2 cm³/mol. The number of amides is 3. The highest BCUT2D eigenvalue weighted by atomic mass is 16.2. The lowest BCUT2D eigenvalue weighted by Crippen LogP contribution is -2.60. The van der Waals surface area contributed by atoms with Gasteiger partial charge in [0, 0.05) is 12.5 Å². The SMILES string of the molecule is CCC1C(=O)NC(=O)CN1C(=O)C(C)CN. The lowest BCUT2D eigenvalue weighted by Gasteiger charge is -2.34. The highest BCUT2D eigenvalue weighted by Gasteiger charge is 2.36. The summed E-state index contributed by atoms with van der Waals surface area (Å²) in [6, 6.07) is -0.556. The first-order valence-corrected chi connectivity index (χ1v) is 5.35. The first-order valence-electron chi connectivity index (χ1n) is 5.35. The molecule has 1 fully saturated rings. The molecule has 0 aliphatic carbocycles. The van der Waals surface area contributed by atoms with E-state index >= 15 is 0 Å². The number of hydrogen-bond donors (Lipinski definition) is 2. The maximum atomic E-state index is 11.9. The second-order valence-electron chi connectivity index (χ2n) is 3.94. The number of nitrogens with zero attached hydrogens (tertiary/aromatic N) is 1. The number of hydrogen-bond acceptors (Lipinski definition) is 4. The third-order valence-electron chi connectivity index (χ3n) is 2.70. The maximum Gasteiger partial charge on any atom is 0.249 e. The molecule has 1 aliphatic rings. The molecule has 1 aliphatic heterocycles. The molecule has 3 N–H and O–H groups in total. The van der Waals surface area contributed by atoms with Gasteiger partial charge in [-0.3, -0.25) is 19.7 Å². The molecule has 0 aromatic carbocycles. The fourth-order valence-corrected chi connectivity index (χ4v) is 1.69. The Morgan fingerprint density at radius 2 is 2.25 bits per heavy atom. The summed E-state index contributed by atoms with van der Waals surface area (Å²) in [4.78, 5) is 35.9. The van der Waals surface area contributed by atoms with E-state index in [0.29, 0.717) is 6.42 Å². The average Bonchev–Trinajstić information content (AvgIpc) is 2.26. The van der Waals surface area contributed by atoms with E-state index in [2.05, 4.69) is 5.32 Å². The Morgan fingerprint density at radius 3 is 2.75 bits per heavy atom. The van der Waals surface area contributed by atoms with Crippen molar-refractivity contribution in [2.75, 3.05) is 13.1 Å².